The van der Waals surface area contributed by atoms with Crippen LogP contribution in [0.5, 0.6) is 0 Å². The molecule has 0 unspecified atom stereocenters. The van der Waals surface area contributed by atoms with Gasteiger partial charge in [0.2, 0.25) is 5.78 Å². The number of hydrogen-bond donors (Lipinski definition) is 1. The second kappa shape index (κ2) is 8.22. The van der Waals surface area contributed by atoms with Crippen LogP contribution in [0.2, 0.25) is 0 Å². The van der Waals surface area contributed by atoms with Crippen molar-refractivity contribution in [2.45, 2.75) is 50.9 Å². The molecular weight excluding hydrogens is 380 g/mol. The monoisotopic (exact) mass is 404 g/mol. The average Bonchev–Trinajstić information content (AvgIpc) is 2.77. The third-order valence-electron chi connectivity index (χ3n) is 6.10. The van der Waals surface area contributed by atoms with Gasteiger partial charge in [0.05, 0.1) is 11.1 Å². The van der Waals surface area contributed by atoms with Crippen molar-refractivity contribution < 1.29 is 14.1 Å². The molecule has 0 atom stereocenters. The van der Waals surface area contributed by atoms with Crippen LogP contribution in [0, 0.1) is 6.92 Å². The minimum atomic E-state index is -0.635. The molecule has 0 radical (unpaired) electrons. The van der Waals surface area contributed by atoms with Crippen molar-refractivity contribution in [1.29, 1.82) is 0 Å². The molecule has 0 spiro atoms. The molecule has 1 heterocycles. The van der Waals surface area contributed by atoms with Gasteiger partial charge in [0, 0.05) is 22.9 Å². The molecule has 1 N–H and O–H groups in total. The Morgan fingerprint density at radius 1 is 1.03 bits per heavy atom. The van der Waals surface area contributed by atoms with E-state index in [-0.39, 0.29) is 11.8 Å². The van der Waals surface area contributed by atoms with Crippen LogP contribution >= 0.6 is 0 Å². The van der Waals surface area contributed by atoms with E-state index in [9.17, 15) is 14.4 Å². The quantitative estimate of drug-likeness (QED) is 0.641. The Balaban J connectivity index is 1.55. The topological polar surface area (TPSA) is 89.3 Å². The number of carbonyl (C=O) groups is 2. The van der Waals surface area contributed by atoms with Crippen LogP contribution in [0.4, 0.5) is 5.69 Å². The number of carbonyl (C=O) groups excluding carboxylic acids is 2. The second-order valence-corrected chi connectivity index (χ2v) is 8.08. The maximum atomic E-state index is 12.9. The van der Waals surface area contributed by atoms with E-state index in [0.717, 1.165) is 37.7 Å². The number of aryl methyl sites for hydroxylation is 1. The molecular formula is C24H24N2O4. The number of benzene rings is 2. The summed E-state index contributed by atoms with van der Waals surface area (Å²) in [6, 6.07) is 14.9. The van der Waals surface area contributed by atoms with Crippen molar-refractivity contribution in [2.24, 2.45) is 0 Å². The molecule has 3 aromatic rings. The summed E-state index contributed by atoms with van der Waals surface area (Å²) in [5, 5.41) is 7.38. The lowest BCUT2D eigenvalue weighted by Crippen LogP contribution is -2.36. The minimum absolute atomic E-state index is 0.195. The predicted octanol–water partition coefficient (Wildman–Crippen LogP) is 4.30. The van der Waals surface area contributed by atoms with Gasteiger partial charge in [0.25, 0.3) is 5.91 Å². The molecule has 0 saturated heterocycles. The third-order valence-corrected chi connectivity index (χ3v) is 6.10. The molecule has 1 aliphatic rings. The minimum Gasteiger partial charge on any atom is -0.319 e. The number of anilines is 1. The number of Topliss-reactive ketones (excluding diaryl/α,β-unsaturated/α-hetero) is 1. The molecule has 30 heavy (non-hydrogen) atoms. The summed E-state index contributed by atoms with van der Waals surface area (Å²) >= 11 is 0. The van der Waals surface area contributed by atoms with Crippen molar-refractivity contribution in [1.82, 2.24) is 5.16 Å². The standard InChI is InChI=1S/C24H24N2O4/c1-16-20-14-18(10-11-19(20)23(29)30-26-16)25-22(28)21(27)15-24(12-6-3-7-13-24)17-8-4-2-5-9-17/h2,4-5,8-11,14H,3,6-7,12-13,15H2,1H3,(H,25,28). The Hall–Kier alpha value is -3.28. The molecule has 0 bridgehead atoms. The molecule has 1 fully saturated rings. The summed E-state index contributed by atoms with van der Waals surface area (Å²) in [5.41, 5.74) is 1.30. The van der Waals surface area contributed by atoms with Crippen LogP contribution in [0.1, 0.15) is 49.8 Å². The highest BCUT2D eigenvalue weighted by atomic mass is 16.5. The Labute approximate surface area is 174 Å². The zero-order valence-corrected chi connectivity index (χ0v) is 16.9. The van der Waals surface area contributed by atoms with Crippen molar-refractivity contribution >= 4 is 28.2 Å². The van der Waals surface area contributed by atoms with Crippen molar-refractivity contribution in [3.05, 3.63) is 70.2 Å². The van der Waals surface area contributed by atoms with Gasteiger partial charge in [-0.15, -0.1) is 0 Å². The number of nitrogens with one attached hydrogen (secondary N) is 1. The fraction of sp³-hybridized carbons (Fsp3) is 0.333. The molecule has 0 aliphatic heterocycles. The Bertz CT molecular complexity index is 1140. The summed E-state index contributed by atoms with van der Waals surface area (Å²) in [6.07, 6.45) is 5.29. The zero-order chi connectivity index (χ0) is 21.1. The van der Waals surface area contributed by atoms with Crippen molar-refractivity contribution in [3.8, 4) is 0 Å². The summed E-state index contributed by atoms with van der Waals surface area (Å²) in [4.78, 5) is 37.4. The van der Waals surface area contributed by atoms with E-state index >= 15 is 0 Å². The summed E-state index contributed by atoms with van der Waals surface area (Å²) in [6.45, 7) is 1.72. The molecule has 6 nitrogen and oxygen atoms in total. The van der Waals surface area contributed by atoms with E-state index in [1.165, 1.54) is 0 Å². The SMILES string of the molecule is Cc1noc(=O)c2ccc(NC(=O)C(=O)CC3(c4ccccc4)CCCCC3)cc12. The van der Waals surface area contributed by atoms with Crippen LogP contribution in [0.15, 0.2) is 57.8 Å². The van der Waals surface area contributed by atoms with Gasteiger partial charge in [-0.2, -0.15) is 0 Å². The van der Waals surface area contributed by atoms with E-state index in [1.54, 1.807) is 25.1 Å². The highest BCUT2D eigenvalue weighted by molar-refractivity contribution is 6.40. The molecule has 1 aliphatic carbocycles. The first-order valence-electron chi connectivity index (χ1n) is 10.3. The van der Waals surface area contributed by atoms with Gasteiger partial charge < -0.3 is 9.84 Å². The average molecular weight is 404 g/mol. The van der Waals surface area contributed by atoms with Crippen molar-refractivity contribution in [2.75, 3.05) is 5.32 Å². The van der Waals surface area contributed by atoms with E-state index in [1.807, 2.05) is 18.2 Å². The molecule has 4 rings (SSSR count). The lowest BCUT2D eigenvalue weighted by Gasteiger charge is -2.37. The molecule has 154 valence electrons. The van der Waals surface area contributed by atoms with Crippen LogP contribution in [0.25, 0.3) is 10.8 Å². The lowest BCUT2D eigenvalue weighted by molar-refractivity contribution is -0.135. The lowest BCUT2D eigenvalue weighted by atomic mass is 9.66. The number of rotatable bonds is 5. The van der Waals surface area contributed by atoms with Gasteiger partial charge >= 0.3 is 5.63 Å². The van der Waals surface area contributed by atoms with Gasteiger partial charge in [0.15, 0.2) is 0 Å². The molecule has 2 aromatic carbocycles. The number of amides is 1. The van der Waals surface area contributed by atoms with Crippen molar-refractivity contribution in [3.63, 3.8) is 0 Å². The van der Waals surface area contributed by atoms with E-state index in [0.29, 0.717) is 22.2 Å². The fourth-order valence-corrected chi connectivity index (χ4v) is 4.48. The maximum absolute atomic E-state index is 12.9. The third kappa shape index (κ3) is 3.90. The number of aromatic nitrogens is 1. The van der Waals surface area contributed by atoms with Crippen LogP contribution in [-0.4, -0.2) is 16.8 Å². The normalized spacial score (nSPS) is 15.6. The summed E-state index contributed by atoms with van der Waals surface area (Å²) in [7, 11) is 0. The highest BCUT2D eigenvalue weighted by Crippen LogP contribution is 2.42. The van der Waals surface area contributed by atoms with E-state index in [2.05, 4.69) is 22.6 Å². The highest BCUT2D eigenvalue weighted by Gasteiger charge is 2.37. The van der Waals surface area contributed by atoms with Gasteiger partial charge in [-0.1, -0.05) is 54.8 Å². The smallest absolute Gasteiger partial charge is 0.319 e. The van der Waals surface area contributed by atoms with Gasteiger partial charge in [-0.3, -0.25) is 9.59 Å². The van der Waals surface area contributed by atoms with Crippen LogP contribution in [0.3, 0.4) is 0 Å². The summed E-state index contributed by atoms with van der Waals surface area (Å²) in [5.74, 6) is -1.06. The van der Waals surface area contributed by atoms with Crippen LogP contribution < -0.4 is 10.9 Å². The van der Waals surface area contributed by atoms with Gasteiger partial charge in [0.1, 0.15) is 0 Å². The van der Waals surface area contributed by atoms with Crippen LogP contribution in [-0.2, 0) is 15.0 Å². The number of nitrogens with zero attached hydrogens (tertiary/aromatic N) is 1. The fourth-order valence-electron chi connectivity index (χ4n) is 4.48. The zero-order valence-electron chi connectivity index (χ0n) is 16.9. The Kier molecular flexibility index (Phi) is 5.48. The first-order chi connectivity index (χ1) is 14.5. The number of ketones is 1. The molecule has 6 heteroatoms. The molecule has 1 aromatic heterocycles. The first-order valence-corrected chi connectivity index (χ1v) is 10.3. The van der Waals surface area contributed by atoms with E-state index < -0.39 is 17.3 Å². The molecule has 1 amide bonds. The second-order valence-electron chi connectivity index (χ2n) is 8.08. The Morgan fingerprint density at radius 3 is 2.50 bits per heavy atom. The number of hydrogen-bond acceptors (Lipinski definition) is 5. The largest absolute Gasteiger partial charge is 0.366 e. The van der Waals surface area contributed by atoms with E-state index in [4.69, 9.17) is 4.52 Å². The maximum Gasteiger partial charge on any atom is 0.366 e. The predicted molar refractivity (Wildman–Crippen MR) is 114 cm³/mol. The first kappa shape index (κ1) is 20.0. The number of fused-ring (bicyclic) bond motifs is 1. The molecule has 1 saturated carbocycles. The Morgan fingerprint density at radius 2 is 1.77 bits per heavy atom. The van der Waals surface area contributed by atoms with Gasteiger partial charge in [-0.25, -0.2) is 4.79 Å². The van der Waals surface area contributed by atoms with Gasteiger partial charge in [-0.05, 0) is 43.5 Å². The summed E-state index contributed by atoms with van der Waals surface area (Å²) < 4.78 is 4.72.